The maximum atomic E-state index is 6.49. The summed E-state index contributed by atoms with van der Waals surface area (Å²) in [5.41, 5.74) is 5.70. The number of aromatic nitrogens is 1. The SMILES string of the molecule is CCC(=NCc1ccc(OC)cc1OC)c1ccc2c(c1)cc(CO[Si](C)(C)C(C)(C)C)n2C. The van der Waals surface area contributed by atoms with E-state index in [1.165, 1.54) is 16.6 Å². The summed E-state index contributed by atoms with van der Waals surface area (Å²) in [5.74, 6) is 1.58. The third-order valence-electron chi connectivity index (χ3n) is 7.13. The normalized spacial score (nSPS) is 12.9. The quantitative estimate of drug-likeness (QED) is 0.242. The van der Waals surface area contributed by atoms with Crippen molar-refractivity contribution in [1.82, 2.24) is 4.57 Å². The lowest BCUT2D eigenvalue weighted by molar-refractivity contribution is 0.269. The van der Waals surface area contributed by atoms with Crippen molar-refractivity contribution in [2.24, 2.45) is 12.0 Å². The Morgan fingerprint density at radius 2 is 1.74 bits per heavy atom. The average molecular weight is 481 g/mol. The van der Waals surface area contributed by atoms with Gasteiger partial charge in [-0.15, -0.1) is 0 Å². The Morgan fingerprint density at radius 3 is 2.35 bits per heavy atom. The summed E-state index contributed by atoms with van der Waals surface area (Å²) in [6.45, 7) is 14.8. The monoisotopic (exact) mass is 480 g/mol. The van der Waals surface area contributed by atoms with Gasteiger partial charge < -0.3 is 18.5 Å². The summed E-state index contributed by atoms with van der Waals surface area (Å²) in [5, 5.41) is 1.42. The fourth-order valence-corrected chi connectivity index (χ4v) is 4.71. The second-order valence-electron chi connectivity index (χ2n) is 10.3. The Kier molecular flexibility index (Phi) is 7.94. The van der Waals surface area contributed by atoms with Gasteiger partial charge in [0, 0.05) is 41.0 Å². The number of methoxy groups -OCH3 is 2. The van der Waals surface area contributed by atoms with Gasteiger partial charge in [0.2, 0.25) is 0 Å². The zero-order valence-corrected chi connectivity index (χ0v) is 23.3. The van der Waals surface area contributed by atoms with Crippen LogP contribution in [0, 0.1) is 0 Å². The highest BCUT2D eigenvalue weighted by Crippen LogP contribution is 2.37. The minimum atomic E-state index is -1.80. The second-order valence-corrected chi connectivity index (χ2v) is 15.1. The van der Waals surface area contributed by atoms with Gasteiger partial charge in [-0.1, -0.05) is 33.8 Å². The van der Waals surface area contributed by atoms with E-state index >= 15 is 0 Å². The van der Waals surface area contributed by atoms with E-state index in [1.54, 1.807) is 14.2 Å². The van der Waals surface area contributed by atoms with Gasteiger partial charge >= 0.3 is 0 Å². The average Bonchev–Trinajstić information content (AvgIpc) is 3.12. The van der Waals surface area contributed by atoms with Gasteiger partial charge in [0.15, 0.2) is 8.32 Å². The molecule has 3 aromatic rings. The predicted molar refractivity (Wildman–Crippen MR) is 145 cm³/mol. The fourth-order valence-electron chi connectivity index (χ4n) is 3.77. The fraction of sp³-hybridized carbons (Fsp3) is 0.464. The van der Waals surface area contributed by atoms with Gasteiger partial charge in [0.05, 0.1) is 27.4 Å². The number of ether oxygens (including phenoxy) is 2. The molecule has 0 saturated heterocycles. The van der Waals surface area contributed by atoms with Gasteiger partial charge in [-0.25, -0.2) is 0 Å². The van der Waals surface area contributed by atoms with Crippen LogP contribution in [-0.2, 0) is 24.6 Å². The summed E-state index contributed by atoms with van der Waals surface area (Å²) in [7, 11) is 3.66. The molecule has 6 heteroatoms. The van der Waals surface area contributed by atoms with Crippen molar-refractivity contribution < 1.29 is 13.9 Å². The summed E-state index contributed by atoms with van der Waals surface area (Å²) >= 11 is 0. The van der Waals surface area contributed by atoms with Crippen LogP contribution in [-0.4, -0.2) is 32.8 Å². The molecule has 0 saturated carbocycles. The Hall–Kier alpha value is -2.57. The molecule has 184 valence electrons. The minimum Gasteiger partial charge on any atom is -0.497 e. The highest BCUT2D eigenvalue weighted by Gasteiger charge is 2.37. The van der Waals surface area contributed by atoms with E-state index in [0.717, 1.165) is 34.8 Å². The standard InChI is InChI=1S/C28H40N2O3Si/c1-10-25(29-18-21-11-13-24(31-6)17-27(21)32-7)20-12-14-26-22(15-20)16-23(30(26)5)19-33-34(8,9)28(2,3)4/h11-17H,10,18-19H2,1-9H3. The van der Waals surface area contributed by atoms with E-state index in [1.807, 2.05) is 18.2 Å². The second kappa shape index (κ2) is 10.4. The van der Waals surface area contributed by atoms with Crippen molar-refractivity contribution in [1.29, 1.82) is 0 Å². The number of aliphatic imine (C=N–C) groups is 1. The van der Waals surface area contributed by atoms with Gasteiger partial charge in [0.1, 0.15) is 11.5 Å². The van der Waals surface area contributed by atoms with Crippen LogP contribution >= 0.6 is 0 Å². The highest BCUT2D eigenvalue weighted by molar-refractivity contribution is 6.74. The van der Waals surface area contributed by atoms with E-state index < -0.39 is 8.32 Å². The van der Waals surface area contributed by atoms with Gasteiger partial charge in [-0.05, 0) is 60.4 Å². The Bertz CT molecular complexity index is 1170. The number of benzene rings is 2. The van der Waals surface area contributed by atoms with Crippen LogP contribution < -0.4 is 9.47 Å². The molecule has 3 rings (SSSR count). The molecule has 0 N–H and O–H groups in total. The van der Waals surface area contributed by atoms with Crippen molar-refractivity contribution >= 4 is 24.9 Å². The molecule has 1 heterocycles. The molecule has 0 bridgehead atoms. The summed E-state index contributed by atoms with van der Waals surface area (Å²) < 4.78 is 19.6. The van der Waals surface area contributed by atoms with E-state index in [0.29, 0.717) is 13.2 Å². The first kappa shape index (κ1) is 26.0. The molecular formula is C28H40N2O3Si. The smallest absolute Gasteiger partial charge is 0.192 e. The number of aryl methyl sites for hydroxylation is 1. The van der Waals surface area contributed by atoms with Crippen molar-refractivity contribution in [3.8, 4) is 11.5 Å². The highest BCUT2D eigenvalue weighted by atomic mass is 28.4. The molecule has 1 aromatic heterocycles. The first-order chi connectivity index (χ1) is 16.0. The third-order valence-corrected chi connectivity index (χ3v) is 11.6. The van der Waals surface area contributed by atoms with Gasteiger partial charge in [-0.2, -0.15) is 0 Å². The molecule has 2 aromatic carbocycles. The third kappa shape index (κ3) is 5.56. The van der Waals surface area contributed by atoms with E-state index in [-0.39, 0.29) is 5.04 Å². The number of hydrogen-bond donors (Lipinski definition) is 0. The van der Waals surface area contributed by atoms with Gasteiger partial charge in [0.25, 0.3) is 0 Å². The first-order valence-electron chi connectivity index (χ1n) is 12.0. The number of nitrogens with zero attached hydrogens (tertiary/aromatic N) is 2. The largest absolute Gasteiger partial charge is 0.497 e. The molecular weight excluding hydrogens is 440 g/mol. The van der Waals surface area contributed by atoms with Gasteiger partial charge in [-0.3, -0.25) is 4.99 Å². The molecule has 0 fully saturated rings. The van der Waals surface area contributed by atoms with Crippen LogP contribution in [0.15, 0.2) is 47.5 Å². The molecule has 0 spiro atoms. The summed E-state index contributed by atoms with van der Waals surface area (Å²) in [6.07, 6.45) is 0.859. The molecule has 0 aliphatic rings. The molecule has 5 nitrogen and oxygen atoms in total. The van der Waals surface area contributed by atoms with Crippen molar-refractivity contribution in [3.63, 3.8) is 0 Å². The number of hydrogen-bond acceptors (Lipinski definition) is 4. The Morgan fingerprint density at radius 1 is 1.00 bits per heavy atom. The molecule has 0 aliphatic carbocycles. The summed E-state index contributed by atoms with van der Waals surface area (Å²) in [4.78, 5) is 4.95. The van der Waals surface area contributed by atoms with Crippen LogP contribution in [0.3, 0.4) is 0 Å². The predicted octanol–water partition coefficient (Wildman–Crippen LogP) is 7.12. The van der Waals surface area contributed by atoms with Crippen LogP contribution in [0.4, 0.5) is 0 Å². The lowest BCUT2D eigenvalue weighted by Gasteiger charge is -2.36. The van der Waals surface area contributed by atoms with Crippen LogP contribution in [0.1, 0.15) is 50.9 Å². The van der Waals surface area contributed by atoms with Crippen LogP contribution in [0.5, 0.6) is 11.5 Å². The molecule has 0 aliphatic heterocycles. The maximum Gasteiger partial charge on any atom is 0.192 e. The minimum absolute atomic E-state index is 0.198. The zero-order chi connectivity index (χ0) is 25.1. The van der Waals surface area contributed by atoms with Crippen molar-refractivity contribution in [2.45, 2.75) is 65.4 Å². The zero-order valence-electron chi connectivity index (χ0n) is 22.3. The first-order valence-corrected chi connectivity index (χ1v) is 14.9. The van der Waals surface area contributed by atoms with Crippen LogP contribution in [0.25, 0.3) is 10.9 Å². The molecule has 0 amide bonds. The lowest BCUT2D eigenvalue weighted by Crippen LogP contribution is -2.40. The van der Waals surface area contributed by atoms with Crippen LogP contribution in [0.2, 0.25) is 18.1 Å². The molecule has 0 unspecified atom stereocenters. The molecule has 0 radical (unpaired) electrons. The number of fused-ring (bicyclic) bond motifs is 1. The molecule has 34 heavy (non-hydrogen) atoms. The Balaban J connectivity index is 1.85. The summed E-state index contributed by atoms with van der Waals surface area (Å²) in [6, 6.07) is 14.7. The maximum absolute atomic E-state index is 6.49. The lowest BCUT2D eigenvalue weighted by atomic mass is 10.1. The van der Waals surface area contributed by atoms with Crippen molar-refractivity contribution in [3.05, 3.63) is 59.3 Å². The van der Waals surface area contributed by atoms with E-state index in [9.17, 15) is 0 Å². The van der Waals surface area contributed by atoms with E-state index in [4.69, 9.17) is 18.9 Å². The number of rotatable bonds is 9. The van der Waals surface area contributed by atoms with Crippen molar-refractivity contribution in [2.75, 3.05) is 14.2 Å². The van der Waals surface area contributed by atoms with E-state index in [2.05, 4.69) is 76.7 Å². The Labute approximate surface area is 205 Å². The molecule has 0 atom stereocenters. The topological polar surface area (TPSA) is 45.0 Å².